The number of hydrogen-bond donors (Lipinski definition) is 11. The fourth-order valence-corrected chi connectivity index (χ4v) is 15.1. The molecule has 0 aromatic heterocycles. The molecule has 5 aliphatic carbocycles. The molecule has 0 aromatic rings. The van der Waals surface area contributed by atoms with Gasteiger partial charge < -0.3 is 84.6 Å². The van der Waals surface area contributed by atoms with E-state index in [-0.39, 0.29) is 57.5 Å². The SMILES string of the molecule is C[C@@H]1O[C@@H](O[C@H]2[C@H](O[C@H]3[C@H](O[C@H]4CC[C@@]5(C)C(CC[C@]6(C)C5CC=C5C7CC(C)(C)C[C@@H](O)[C@]7(C)CC[C@]56C)[C@@]4(C)CO)O[C@H](C(=O)O)[C@@H](O)[C@@H]3O)O[C@H](CO)[C@H](O)[C@@H]2O)[C@H](O)[C@H](O)[C@H]1O. The first kappa shape index (κ1) is 50.9. The lowest BCUT2D eigenvalue weighted by Gasteiger charge is -2.72. The van der Waals surface area contributed by atoms with E-state index >= 15 is 0 Å². The quantitative estimate of drug-likeness (QED) is 0.112. The number of allylic oxidation sites excluding steroid dienone is 2. The van der Waals surface area contributed by atoms with Gasteiger partial charge in [0, 0.05) is 10.8 Å². The molecule has 25 atom stereocenters. The molecule has 11 N–H and O–H groups in total. The molecule has 3 aliphatic heterocycles. The van der Waals surface area contributed by atoms with Crippen LogP contribution >= 0.6 is 0 Å². The van der Waals surface area contributed by atoms with E-state index in [2.05, 4.69) is 47.6 Å². The summed E-state index contributed by atoms with van der Waals surface area (Å²) in [5.41, 5.74) is -0.0545. The first-order chi connectivity index (χ1) is 30.7. The number of aliphatic hydroxyl groups excluding tert-OH is 10. The lowest BCUT2D eigenvalue weighted by atomic mass is 9.33. The van der Waals surface area contributed by atoms with Crippen LogP contribution in [0.15, 0.2) is 11.6 Å². The number of carboxylic acids is 1. The van der Waals surface area contributed by atoms with Gasteiger partial charge in [0.2, 0.25) is 0 Å². The highest BCUT2D eigenvalue weighted by Crippen LogP contribution is 2.76. The molecule has 66 heavy (non-hydrogen) atoms. The van der Waals surface area contributed by atoms with E-state index in [1.165, 1.54) is 12.5 Å². The minimum atomic E-state index is -2.07. The van der Waals surface area contributed by atoms with Crippen LogP contribution in [0.3, 0.4) is 0 Å². The van der Waals surface area contributed by atoms with Gasteiger partial charge in [-0.2, -0.15) is 0 Å². The molecule has 7 fully saturated rings. The van der Waals surface area contributed by atoms with Crippen LogP contribution in [-0.4, -0.2) is 180 Å². The molecule has 8 aliphatic rings. The number of carboxylic acid groups (broad SMARTS) is 1. The van der Waals surface area contributed by atoms with Crippen LogP contribution in [0.25, 0.3) is 0 Å². The number of fused-ring (bicyclic) bond motifs is 7. The molecule has 18 nitrogen and oxygen atoms in total. The minimum absolute atomic E-state index is 0.0166. The summed E-state index contributed by atoms with van der Waals surface area (Å²) < 4.78 is 36.2. The highest BCUT2D eigenvalue weighted by molar-refractivity contribution is 5.73. The molecule has 378 valence electrons. The topological polar surface area (TPSA) is 295 Å². The van der Waals surface area contributed by atoms with Crippen LogP contribution in [-0.2, 0) is 33.2 Å². The largest absolute Gasteiger partial charge is 0.479 e. The third kappa shape index (κ3) is 7.78. The summed E-state index contributed by atoms with van der Waals surface area (Å²) in [6.45, 7) is 16.3. The zero-order valence-corrected chi connectivity index (χ0v) is 39.7. The van der Waals surface area contributed by atoms with E-state index in [0.717, 1.165) is 44.9 Å². The second-order valence-corrected chi connectivity index (χ2v) is 23.6. The standard InChI is InChI=1S/C48H78O18/c1-21-29(52)31(54)35(58)40(61-21)65-37-32(55)30(53)24(19-49)62-41(37)66-38-34(57)33(56)36(39(59)60)64-42(38)63-28-12-13-45(5)25(46(28,6)20-50)11-14-48(8)26(45)10-9-22-23-17-43(2,3)18-27(51)44(23,4)15-16-47(22,48)7/h9,21,23-38,40-42,49-58H,10-20H2,1-8H3,(H,59,60)/t21-,23?,24+,25?,26?,27+,28-,29-,30-,31+,32-,33-,34-,35+,36-,37+,38+,40-,41-,42+,44+,45-,46+,47+,48+/m0/s1. The van der Waals surface area contributed by atoms with Gasteiger partial charge in [-0.1, -0.05) is 60.1 Å². The van der Waals surface area contributed by atoms with E-state index < -0.39 is 116 Å². The van der Waals surface area contributed by atoms with Crippen LogP contribution in [0, 0.1) is 50.2 Å². The molecular weight excluding hydrogens is 865 g/mol. The summed E-state index contributed by atoms with van der Waals surface area (Å²) in [6.07, 6.45) is -17.6. The number of aliphatic carboxylic acids is 1. The fraction of sp³-hybridized carbons (Fsp3) is 0.938. The van der Waals surface area contributed by atoms with Crippen molar-refractivity contribution in [3.05, 3.63) is 11.6 Å². The molecule has 4 saturated carbocycles. The highest BCUT2D eigenvalue weighted by atomic mass is 16.8. The summed E-state index contributed by atoms with van der Waals surface area (Å²) >= 11 is 0. The lowest BCUT2D eigenvalue weighted by Crippen LogP contribution is -2.68. The normalized spacial score (nSPS) is 55.9. The van der Waals surface area contributed by atoms with E-state index in [0.29, 0.717) is 12.8 Å². The Labute approximate surface area is 387 Å². The van der Waals surface area contributed by atoms with Crippen LogP contribution < -0.4 is 0 Å². The predicted octanol–water partition coefficient (Wildman–Crippen LogP) is 0.705. The third-order valence-electron chi connectivity index (χ3n) is 19.5. The van der Waals surface area contributed by atoms with Gasteiger partial charge in [0.25, 0.3) is 0 Å². The smallest absolute Gasteiger partial charge is 0.335 e. The second kappa shape index (κ2) is 17.7. The van der Waals surface area contributed by atoms with Gasteiger partial charge in [0.1, 0.15) is 61.0 Å². The van der Waals surface area contributed by atoms with Crippen LogP contribution in [0.4, 0.5) is 0 Å². The van der Waals surface area contributed by atoms with Gasteiger partial charge in [-0.3, -0.25) is 0 Å². The Hall–Kier alpha value is -1.43. The van der Waals surface area contributed by atoms with E-state index in [1.807, 2.05) is 6.92 Å². The molecule has 0 aromatic carbocycles. The molecule has 18 heteroatoms. The highest BCUT2D eigenvalue weighted by Gasteiger charge is 2.70. The van der Waals surface area contributed by atoms with Gasteiger partial charge in [-0.15, -0.1) is 0 Å². The van der Waals surface area contributed by atoms with Crippen molar-refractivity contribution < 1.29 is 89.4 Å². The Balaban J connectivity index is 1.08. The second-order valence-electron chi connectivity index (χ2n) is 23.6. The van der Waals surface area contributed by atoms with Crippen LogP contribution in [0.1, 0.15) is 113 Å². The number of rotatable bonds is 9. The maximum atomic E-state index is 12.5. The molecule has 0 bridgehead atoms. The van der Waals surface area contributed by atoms with Crippen LogP contribution in [0.2, 0.25) is 0 Å². The minimum Gasteiger partial charge on any atom is -0.479 e. The third-order valence-corrected chi connectivity index (χ3v) is 19.5. The Morgan fingerprint density at radius 1 is 0.667 bits per heavy atom. The van der Waals surface area contributed by atoms with Gasteiger partial charge in [-0.05, 0) is 104 Å². The average molecular weight is 943 g/mol. The average Bonchev–Trinajstić information content (AvgIpc) is 3.25. The van der Waals surface area contributed by atoms with E-state index in [1.54, 1.807) is 0 Å². The van der Waals surface area contributed by atoms with Crippen molar-refractivity contribution in [1.82, 2.24) is 0 Å². The molecule has 3 saturated heterocycles. The van der Waals surface area contributed by atoms with Crippen LogP contribution in [0.5, 0.6) is 0 Å². The monoisotopic (exact) mass is 943 g/mol. The molecule has 0 spiro atoms. The van der Waals surface area contributed by atoms with E-state index in [4.69, 9.17) is 28.4 Å². The number of ether oxygens (including phenoxy) is 6. The number of hydrogen-bond acceptors (Lipinski definition) is 17. The molecule has 8 rings (SSSR count). The van der Waals surface area contributed by atoms with Gasteiger partial charge >= 0.3 is 5.97 Å². The van der Waals surface area contributed by atoms with Crippen molar-refractivity contribution in [1.29, 1.82) is 0 Å². The zero-order chi connectivity index (χ0) is 48.4. The van der Waals surface area contributed by atoms with E-state index in [9.17, 15) is 61.0 Å². The predicted molar refractivity (Wildman–Crippen MR) is 231 cm³/mol. The van der Waals surface area contributed by atoms with Crippen molar-refractivity contribution in [3.63, 3.8) is 0 Å². The number of carbonyl (C=O) groups is 1. The Morgan fingerprint density at radius 3 is 1.94 bits per heavy atom. The fourth-order valence-electron chi connectivity index (χ4n) is 15.1. The summed E-state index contributed by atoms with van der Waals surface area (Å²) in [6, 6.07) is 0. The first-order valence-corrected chi connectivity index (χ1v) is 24.3. The van der Waals surface area contributed by atoms with Crippen molar-refractivity contribution in [2.75, 3.05) is 13.2 Å². The summed E-state index contributed by atoms with van der Waals surface area (Å²) in [4.78, 5) is 12.5. The maximum Gasteiger partial charge on any atom is 0.335 e. The Kier molecular flexibility index (Phi) is 13.7. The summed E-state index contributed by atoms with van der Waals surface area (Å²) in [5, 5.41) is 120. The summed E-state index contributed by atoms with van der Waals surface area (Å²) in [5.74, 6) is -1.16. The maximum absolute atomic E-state index is 12.5. The van der Waals surface area contributed by atoms with Crippen molar-refractivity contribution >= 4 is 5.97 Å². The summed E-state index contributed by atoms with van der Waals surface area (Å²) in [7, 11) is 0. The van der Waals surface area contributed by atoms with Gasteiger partial charge in [-0.25, -0.2) is 4.79 Å². The molecule has 3 unspecified atom stereocenters. The first-order valence-electron chi connectivity index (χ1n) is 24.3. The lowest BCUT2D eigenvalue weighted by molar-refractivity contribution is -0.396. The van der Waals surface area contributed by atoms with Gasteiger partial charge in [0.15, 0.2) is 25.0 Å². The Morgan fingerprint density at radius 2 is 1.30 bits per heavy atom. The van der Waals surface area contributed by atoms with Crippen molar-refractivity contribution in [3.8, 4) is 0 Å². The molecule has 0 amide bonds. The molecular formula is C48H78O18. The number of aliphatic hydroxyl groups is 10. The Bertz CT molecular complexity index is 1820. The zero-order valence-electron chi connectivity index (χ0n) is 39.7. The van der Waals surface area contributed by atoms with Gasteiger partial charge in [0.05, 0.1) is 31.5 Å². The molecule has 3 heterocycles. The molecule has 0 radical (unpaired) electrons. The van der Waals surface area contributed by atoms with Crippen molar-refractivity contribution in [2.24, 2.45) is 50.2 Å². The van der Waals surface area contributed by atoms with Crippen molar-refractivity contribution in [2.45, 2.75) is 218 Å².